The number of benzene rings is 1. The average molecular weight is 228 g/mol. The third-order valence-corrected chi connectivity index (χ3v) is 3.60. The summed E-state index contributed by atoms with van der Waals surface area (Å²) in [7, 11) is 0. The predicted octanol–water partition coefficient (Wildman–Crippen LogP) is 3.82. The van der Waals surface area contributed by atoms with E-state index in [1.54, 1.807) is 6.92 Å². The fourth-order valence-corrected chi connectivity index (χ4v) is 2.42. The number of aliphatic hydroxyl groups is 1. The van der Waals surface area contributed by atoms with Crippen molar-refractivity contribution in [3.8, 4) is 0 Å². The van der Waals surface area contributed by atoms with E-state index in [-0.39, 0.29) is 0 Å². The van der Waals surface area contributed by atoms with Gasteiger partial charge in [-0.15, -0.1) is 0 Å². The van der Waals surface area contributed by atoms with Crippen LogP contribution in [0.2, 0.25) is 0 Å². The second-order valence-electron chi connectivity index (χ2n) is 4.81. The second-order valence-corrected chi connectivity index (χ2v) is 4.81. The van der Waals surface area contributed by atoms with Crippen molar-refractivity contribution in [2.75, 3.05) is 0 Å². The minimum atomic E-state index is -0.422. The Bertz CT molecular complexity index is 414. The molecule has 1 aliphatic carbocycles. The summed E-state index contributed by atoms with van der Waals surface area (Å²) in [6.07, 6.45) is 5.07. The van der Waals surface area contributed by atoms with Crippen molar-refractivity contribution in [2.24, 2.45) is 0 Å². The van der Waals surface area contributed by atoms with Gasteiger partial charge >= 0.3 is 0 Å². The summed E-state index contributed by atoms with van der Waals surface area (Å²) in [5.74, 6) is 0.627. The van der Waals surface area contributed by atoms with E-state index >= 15 is 0 Å². The first-order valence-corrected chi connectivity index (χ1v) is 6.29. The van der Waals surface area contributed by atoms with Gasteiger partial charge in [-0.2, -0.15) is 0 Å². The average Bonchev–Trinajstić information content (AvgIpc) is 2.39. The molecule has 0 aromatic heterocycles. The highest BCUT2D eigenvalue weighted by atomic mass is 16.3. The molecule has 0 saturated heterocycles. The summed E-state index contributed by atoms with van der Waals surface area (Å²) in [6, 6.07) is 10.7. The molecule has 0 spiro atoms. The first-order valence-electron chi connectivity index (χ1n) is 6.29. The Hall–Kier alpha value is -1.34. The lowest BCUT2D eigenvalue weighted by Gasteiger charge is -2.24. The van der Waals surface area contributed by atoms with Crippen LogP contribution in [0.3, 0.4) is 0 Å². The Morgan fingerprint density at radius 2 is 2.06 bits per heavy atom. The second kappa shape index (κ2) is 5.33. The van der Waals surface area contributed by atoms with Gasteiger partial charge in [-0.25, -0.2) is 0 Å². The summed E-state index contributed by atoms with van der Waals surface area (Å²) < 4.78 is 0. The van der Waals surface area contributed by atoms with E-state index in [2.05, 4.69) is 43.0 Å². The molecule has 0 radical (unpaired) electrons. The SMILES string of the molecule is C=C(C1=CCC(c2ccccc2)CC1)C(C)O. The van der Waals surface area contributed by atoms with Crippen LogP contribution in [0.25, 0.3) is 0 Å². The zero-order valence-electron chi connectivity index (χ0n) is 10.4. The maximum absolute atomic E-state index is 9.52. The van der Waals surface area contributed by atoms with E-state index in [0.717, 1.165) is 24.8 Å². The number of allylic oxidation sites excluding steroid dienone is 1. The van der Waals surface area contributed by atoms with Gasteiger partial charge in [-0.3, -0.25) is 0 Å². The molecule has 2 unspecified atom stereocenters. The van der Waals surface area contributed by atoms with Gasteiger partial charge in [0, 0.05) is 0 Å². The first kappa shape index (κ1) is 12.1. The maximum atomic E-state index is 9.52. The van der Waals surface area contributed by atoms with Gasteiger partial charge in [-0.1, -0.05) is 43.0 Å². The van der Waals surface area contributed by atoms with Crippen LogP contribution >= 0.6 is 0 Å². The van der Waals surface area contributed by atoms with Gasteiger partial charge in [0.25, 0.3) is 0 Å². The molecule has 0 bridgehead atoms. The molecule has 1 N–H and O–H groups in total. The number of hydrogen-bond donors (Lipinski definition) is 1. The van der Waals surface area contributed by atoms with Crippen LogP contribution in [0.1, 0.15) is 37.7 Å². The van der Waals surface area contributed by atoms with Crippen LogP contribution in [0, 0.1) is 0 Å². The first-order chi connectivity index (χ1) is 8.18. The normalized spacial score (nSPS) is 21.8. The largest absolute Gasteiger partial charge is 0.389 e. The number of aliphatic hydroxyl groups excluding tert-OH is 1. The molecule has 0 saturated carbocycles. The highest BCUT2D eigenvalue weighted by Crippen LogP contribution is 2.34. The Balaban J connectivity index is 2.05. The smallest absolute Gasteiger partial charge is 0.0758 e. The topological polar surface area (TPSA) is 20.2 Å². The molecule has 1 aliphatic rings. The molecule has 1 heteroatoms. The minimum absolute atomic E-state index is 0.422. The minimum Gasteiger partial charge on any atom is -0.389 e. The number of hydrogen-bond acceptors (Lipinski definition) is 1. The van der Waals surface area contributed by atoms with E-state index in [9.17, 15) is 5.11 Å². The van der Waals surface area contributed by atoms with Gasteiger partial charge < -0.3 is 5.11 Å². The predicted molar refractivity (Wildman–Crippen MR) is 71.9 cm³/mol. The van der Waals surface area contributed by atoms with E-state index in [0.29, 0.717) is 5.92 Å². The standard InChI is InChI=1S/C16H20O/c1-12(13(2)17)14-8-10-16(11-9-14)15-6-4-3-5-7-15/h3-8,13,16-17H,1,9-11H2,2H3. The molecule has 0 fully saturated rings. The van der Waals surface area contributed by atoms with Crippen molar-refractivity contribution in [1.82, 2.24) is 0 Å². The molecule has 2 rings (SSSR count). The zero-order chi connectivity index (χ0) is 12.3. The van der Waals surface area contributed by atoms with Gasteiger partial charge in [0.15, 0.2) is 0 Å². The summed E-state index contributed by atoms with van der Waals surface area (Å²) >= 11 is 0. The van der Waals surface area contributed by atoms with Crippen molar-refractivity contribution in [3.05, 3.63) is 59.7 Å². The van der Waals surface area contributed by atoms with Crippen LogP contribution in [0.15, 0.2) is 54.1 Å². The molecule has 1 aromatic carbocycles. The molecular formula is C16H20O. The highest BCUT2D eigenvalue weighted by molar-refractivity contribution is 5.34. The van der Waals surface area contributed by atoms with Crippen LogP contribution in [-0.2, 0) is 0 Å². The fourth-order valence-electron chi connectivity index (χ4n) is 2.42. The van der Waals surface area contributed by atoms with Crippen LogP contribution < -0.4 is 0 Å². The van der Waals surface area contributed by atoms with Crippen molar-refractivity contribution in [3.63, 3.8) is 0 Å². The van der Waals surface area contributed by atoms with Gasteiger partial charge in [0.05, 0.1) is 6.10 Å². The van der Waals surface area contributed by atoms with Crippen LogP contribution in [0.4, 0.5) is 0 Å². The highest BCUT2D eigenvalue weighted by Gasteiger charge is 2.18. The molecule has 0 heterocycles. The molecule has 90 valence electrons. The fraction of sp³-hybridized carbons (Fsp3) is 0.375. The lowest BCUT2D eigenvalue weighted by molar-refractivity contribution is 0.233. The number of rotatable bonds is 3. The quantitative estimate of drug-likeness (QED) is 0.834. The molecule has 0 aliphatic heterocycles. The van der Waals surface area contributed by atoms with E-state index < -0.39 is 6.10 Å². The summed E-state index contributed by atoms with van der Waals surface area (Å²) in [5, 5.41) is 9.52. The van der Waals surface area contributed by atoms with Crippen LogP contribution in [0.5, 0.6) is 0 Å². The maximum Gasteiger partial charge on any atom is 0.0758 e. The monoisotopic (exact) mass is 228 g/mol. The van der Waals surface area contributed by atoms with Gasteiger partial charge in [0.2, 0.25) is 0 Å². The third-order valence-electron chi connectivity index (χ3n) is 3.60. The van der Waals surface area contributed by atoms with E-state index in [1.807, 2.05) is 0 Å². The molecule has 0 amide bonds. The van der Waals surface area contributed by atoms with Crippen molar-refractivity contribution in [1.29, 1.82) is 0 Å². The lowest BCUT2D eigenvalue weighted by Crippen LogP contribution is -2.11. The third kappa shape index (κ3) is 2.86. The van der Waals surface area contributed by atoms with Crippen molar-refractivity contribution in [2.45, 2.75) is 38.2 Å². The lowest BCUT2D eigenvalue weighted by atomic mass is 9.82. The molecule has 17 heavy (non-hydrogen) atoms. The Kier molecular flexibility index (Phi) is 3.80. The van der Waals surface area contributed by atoms with Crippen LogP contribution in [-0.4, -0.2) is 11.2 Å². The van der Waals surface area contributed by atoms with Crippen molar-refractivity contribution < 1.29 is 5.11 Å². The molecule has 1 nitrogen and oxygen atoms in total. The summed E-state index contributed by atoms with van der Waals surface area (Å²) in [6.45, 7) is 5.74. The summed E-state index contributed by atoms with van der Waals surface area (Å²) in [5.41, 5.74) is 3.55. The molecular weight excluding hydrogens is 208 g/mol. The van der Waals surface area contributed by atoms with Gasteiger partial charge in [-0.05, 0) is 48.8 Å². The Morgan fingerprint density at radius 1 is 1.35 bits per heavy atom. The van der Waals surface area contributed by atoms with E-state index in [4.69, 9.17) is 0 Å². The van der Waals surface area contributed by atoms with E-state index in [1.165, 1.54) is 11.1 Å². The summed E-state index contributed by atoms with van der Waals surface area (Å²) in [4.78, 5) is 0. The Labute approximate surface area is 103 Å². The molecule has 1 aromatic rings. The molecule has 2 atom stereocenters. The Morgan fingerprint density at radius 3 is 2.59 bits per heavy atom. The van der Waals surface area contributed by atoms with Crippen molar-refractivity contribution >= 4 is 0 Å². The zero-order valence-corrected chi connectivity index (χ0v) is 10.4. The van der Waals surface area contributed by atoms with Gasteiger partial charge in [0.1, 0.15) is 0 Å².